The molecule has 15 nitrogen and oxygen atoms in total. The molecule has 15 heteroatoms. The topological polar surface area (TPSA) is 237 Å². The van der Waals surface area contributed by atoms with E-state index in [1.54, 1.807) is 48.5 Å². The number of methoxy groups -OCH3 is 1. The first-order valence-corrected chi connectivity index (χ1v) is 12.6. The van der Waals surface area contributed by atoms with Gasteiger partial charge >= 0.3 is 0 Å². The first kappa shape index (κ1) is 36.2. The van der Waals surface area contributed by atoms with Crippen molar-refractivity contribution in [2.24, 2.45) is 5.73 Å². The van der Waals surface area contributed by atoms with Crippen molar-refractivity contribution in [3.8, 4) is 17.2 Å². The Labute approximate surface area is 252 Å². The normalized spacial score (nSPS) is 10.2. The third-order valence-corrected chi connectivity index (χ3v) is 5.18. The Morgan fingerprint density at radius 3 is 1.68 bits per heavy atom. The number of non-ortho nitro benzene ring substituents is 2. The molecular formula is C29H32N5O10. The quantitative estimate of drug-likeness (QED) is 0.129. The van der Waals surface area contributed by atoms with E-state index in [0.29, 0.717) is 17.2 Å². The minimum absolute atomic E-state index is 0.0159. The number of aliphatic hydroxyl groups excluding tert-OH is 1. The molecule has 0 amide bonds. The molecule has 4 aromatic rings. The van der Waals surface area contributed by atoms with E-state index in [1.807, 2.05) is 6.07 Å². The monoisotopic (exact) mass is 610 g/mol. The van der Waals surface area contributed by atoms with Gasteiger partial charge in [-0.15, -0.1) is 0 Å². The van der Waals surface area contributed by atoms with Crippen LogP contribution < -0.4 is 15.8 Å². The van der Waals surface area contributed by atoms with Crippen molar-refractivity contribution in [3.63, 3.8) is 0 Å². The Kier molecular flexibility index (Phi) is 15.9. The van der Waals surface area contributed by atoms with Crippen LogP contribution in [-0.2, 0) is 0 Å². The maximum atomic E-state index is 10.7. The summed E-state index contributed by atoms with van der Waals surface area (Å²) in [5, 5.41) is 59.7. The largest absolute Gasteiger partial charge is 0.508 e. The molecule has 233 valence electrons. The van der Waals surface area contributed by atoms with Gasteiger partial charge in [0.25, 0.3) is 17.1 Å². The number of para-hydroxylation sites is 1. The number of benzene rings is 4. The lowest BCUT2D eigenvalue weighted by Crippen LogP contribution is -2.07. The molecule has 44 heavy (non-hydrogen) atoms. The third-order valence-electron chi connectivity index (χ3n) is 5.18. The number of nitro benzene ring substituents is 3. The summed E-state index contributed by atoms with van der Waals surface area (Å²) in [4.78, 5) is 29.5. The van der Waals surface area contributed by atoms with Crippen LogP contribution in [0.5, 0.6) is 17.2 Å². The molecule has 0 aliphatic rings. The molecule has 0 heterocycles. The molecule has 1 atom stereocenters. The predicted molar refractivity (Wildman–Crippen MR) is 163 cm³/mol. The summed E-state index contributed by atoms with van der Waals surface area (Å²) in [7, 11) is 1.44. The van der Waals surface area contributed by atoms with E-state index in [-0.39, 0.29) is 42.0 Å². The van der Waals surface area contributed by atoms with E-state index in [0.717, 1.165) is 5.56 Å². The number of rotatable bonds is 8. The van der Waals surface area contributed by atoms with Gasteiger partial charge in [-0.25, -0.2) is 0 Å². The van der Waals surface area contributed by atoms with E-state index in [2.05, 4.69) is 12.2 Å². The molecule has 4 aromatic carbocycles. The molecule has 0 aromatic heterocycles. The highest BCUT2D eigenvalue weighted by atomic mass is 16.6. The molecule has 0 aliphatic heterocycles. The number of aliphatic hydroxyl groups is 1. The zero-order valence-electron chi connectivity index (χ0n) is 23.6. The molecule has 0 fully saturated rings. The molecule has 4 rings (SSSR count). The molecule has 0 aliphatic carbocycles. The second-order valence-electron chi connectivity index (χ2n) is 8.35. The lowest BCUT2D eigenvalue weighted by Gasteiger charge is -2.06. The number of ether oxygens (including phenoxy) is 1. The van der Waals surface area contributed by atoms with Crippen LogP contribution in [0.1, 0.15) is 11.6 Å². The highest BCUT2D eigenvalue weighted by Gasteiger charge is 2.14. The lowest BCUT2D eigenvalue weighted by atomic mass is 10.1. The van der Waals surface area contributed by atoms with Crippen LogP contribution in [0.15, 0.2) is 97.1 Å². The second kappa shape index (κ2) is 19.3. The van der Waals surface area contributed by atoms with Crippen LogP contribution in [0.2, 0.25) is 0 Å². The minimum atomic E-state index is -0.514. The number of anilines is 1. The fourth-order valence-corrected chi connectivity index (χ4v) is 2.98. The predicted octanol–water partition coefficient (Wildman–Crippen LogP) is 5.13. The van der Waals surface area contributed by atoms with Crippen LogP contribution in [0.3, 0.4) is 0 Å². The van der Waals surface area contributed by atoms with E-state index < -0.39 is 14.8 Å². The van der Waals surface area contributed by atoms with Gasteiger partial charge < -0.3 is 31.1 Å². The molecule has 1 unspecified atom stereocenters. The van der Waals surface area contributed by atoms with Gasteiger partial charge in [-0.3, -0.25) is 30.3 Å². The smallest absolute Gasteiger partial charge is 0.296 e. The van der Waals surface area contributed by atoms with E-state index in [9.17, 15) is 30.3 Å². The van der Waals surface area contributed by atoms with Gasteiger partial charge in [0.15, 0.2) is 0 Å². The van der Waals surface area contributed by atoms with Crippen LogP contribution in [0.4, 0.5) is 22.7 Å². The Balaban J connectivity index is 0.000000303. The van der Waals surface area contributed by atoms with Gasteiger partial charge in [-0.1, -0.05) is 30.3 Å². The van der Waals surface area contributed by atoms with Gasteiger partial charge in [-0.2, -0.15) is 0 Å². The van der Waals surface area contributed by atoms with E-state index >= 15 is 0 Å². The number of nitrogens with two attached hydrogens (primary N) is 1. The molecule has 6 N–H and O–H groups in total. The summed E-state index contributed by atoms with van der Waals surface area (Å²) >= 11 is 0. The van der Waals surface area contributed by atoms with Crippen molar-refractivity contribution in [1.82, 2.24) is 0 Å². The highest BCUT2D eigenvalue weighted by molar-refractivity contribution is 5.63. The Hall–Kier alpha value is -5.80. The number of nitrogens with zero attached hydrogens (tertiary/aromatic N) is 3. The maximum absolute atomic E-state index is 10.7. The summed E-state index contributed by atoms with van der Waals surface area (Å²) in [5.41, 5.74) is 6.61. The molecule has 0 spiro atoms. The molecule has 0 bridgehead atoms. The summed E-state index contributed by atoms with van der Waals surface area (Å²) < 4.78 is 4.88. The van der Waals surface area contributed by atoms with Crippen molar-refractivity contribution < 1.29 is 34.8 Å². The Morgan fingerprint density at radius 1 is 0.795 bits per heavy atom. The molecular weight excluding hydrogens is 578 g/mol. The van der Waals surface area contributed by atoms with Gasteiger partial charge in [0.05, 0.1) is 34.6 Å². The minimum Gasteiger partial charge on any atom is -0.508 e. The fourth-order valence-electron chi connectivity index (χ4n) is 2.98. The number of aromatic hydroxyl groups is 2. The first-order chi connectivity index (χ1) is 20.9. The number of nitrogens with one attached hydrogen (secondary N) is 1. The first-order valence-electron chi connectivity index (χ1n) is 12.6. The van der Waals surface area contributed by atoms with Gasteiger partial charge in [-0.05, 0) is 48.9 Å². The highest BCUT2D eigenvalue weighted by Crippen LogP contribution is 2.28. The zero-order chi connectivity index (χ0) is 33.1. The number of hydrogen-bond acceptors (Lipinski definition) is 12. The number of phenols is 2. The zero-order valence-corrected chi connectivity index (χ0v) is 23.6. The van der Waals surface area contributed by atoms with Crippen molar-refractivity contribution in [2.75, 3.05) is 25.6 Å². The summed E-state index contributed by atoms with van der Waals surface area (Å²) in [6.07, 6.45) is 0. The van der Waals surface area contributed by atoms with Crippen LogP contribution in [-0.4, -0.2) is 50.4 Å². The van der Waals surface area contributed by atoms with Gasteiger partial charge in [0, 0.05) is 36.9 Å². The van der Waals surface area contributed by atoms with Crippen LogP contribution in [0.25, 0.3) is 0 Å². The summed E-state index contributed by atoms with van der Waals surface area (Å²) in [6, 6.07) is 24.0. The van der Waals surface area contributed by atoms with Crippen molar-refractivity contribution in [3.05, 3.63) is 140 Å². The van der Waals surface area contributed by atoms with E-state index in [4.69, 9.17) is 25.8 Å². The van der Waals surface area contributed by atoms with Crippen molar-refractivity contribution in [1.29, 1.82) is 0 Å². The van der Waals surface area contributed by atoms with E-state index in [1.165, 1.54) is 49.6 Å². The second-order valence-corrected chi connectivity index (χ2v) is 8.35. The average Bonchev–Trinajstić information content (AvgIpc) is 3.01. The standard InChI is InChI=1S/C9H12N2O4.C8H9N2O2.C6H5NO3.C6H6O/c1-15-7-2-3-8(10-4-5-12)9(6-7)11(13)14;1-6(9)7-2-4-8(5-3-7)10(11)12;8-6-3-1-5(2-4-6)7(9)10;7-6-4-2-1-3-5-6/h2-3,6,10,12H,4-5H2,1H3;2-6H,1,9H2;1-4,8H;1-5,7H. The lowest BCUT2D eigenvalue weighted by molar-refractivity contribution is -0.385. The molecule has 0 saturated carbocycles. The van der Waals surface area contributed by atoms with Crippen LogP contribution >= 0.6 is 0 Å². The molecule has 0 saturated heterocycles. The Bertz CT molecular complexity index is 1450. The maximum Gasteiger partial charge on any atom is 0.296 e. The average molecular weight is 611 g/mol. The third kappa shape index (κ3) is 13.7. The summed E-state index contributed by atoms with van der Waals surface area (Å²) in [6.45, 7) is 3.78. The van der Waals surface area contributed by atoms with Crippen LogP contribution in [0, 0.1) is 37.3 Å². The SMILES string of the molecule is COc1ccc(NCCO)c([N+](=O)[O-])c1.O=[N+]([O-])c1ccc(O)cc1.Oc1ccccc1.[CH2]C(N)c1ccc([N+](=O)[O-])cc1. The number of phenolic OH excluding ortho intramolecular Hbond substituents is 2. The molecule has 1 radical (unpaired) electrons. The number of nitro groups is 3. The number of hydrogen-bond donors (Lipinski definition) is 5. The fraction of sp³-hybridized carbons (Fsp3) is 0.138. The van der Waals surface area contributed by atoms with Gasteiger partial charge in [0.2, 0.25) is 0 Å². The van der Waals surface area contributed by atoms with Crippen molar-refractivity contribution in [2.45, 2.75) is 6.04 Å². The summed E-state index contributed by atoms with van der Waals surface area (Å²) in [5.74, 6) is 0.782. The van der Waals surface area contributed by atoms with Crippen molar-refractivity contribution >= 4 is 22.7 Å². The Morgan fingerprint density at radius 2 is 1.30 bits per heavy atom. The van der Waals surface area contributed by atoms with Gasteiger partial charge in [0.1, 0.15) is 22.9 Å².